The summed E-state index contributed by atoms with van der Waals surface area (Å²) in [5.74, 6) is 3.02. The number of rotatable bonds is 4. The molecule has 0 N–H and O–H groups in total. The summed E-state index contributed by atoms with van der Waals surface area (Å²) < 4.78 is 11.7. The molecule has 0 aromatic carbocycles. The molecule has 5 aliphatic rings. The highest BCUT2D eigenvalue weighted by atomic mass is 16.5. The predicted octanol–water partition coefficient (Wildman–Crippen LogP) is 1.20. The third kappa shape index (κ3) is 2.03. The molecule has 0 spiro atoms. The van der Waals surface area contributed by atoms with Crippen molar-refractivity contribution in [3.8, 4) is 0 Å². The van der Waals surface area contributed by atoms with Crippen LogP contribution in [-0.4, -0.2) is 73.0 Å². The van der Waals surface area contributed by atoms with Gasteiger partial charge >= 0.3 is 0 Å². The van der Waals surface area contributed by atoms with E-state index >= 15 is 0 Å². The number of piperidine rings is 1. The van der Waals surface area contributed by atoms with Crippen LogP contribution in [0, 0.1) is 17.8 Å². The highest BCUT2D eigenvalue weighted by Crippen LogP contribution is 2.52. The SMILES string of the molecule is CC1C2CN(C3COC3CC(C)N3C[C@@H]4C[C@H]3CO4)C[C@H]12. The molecule has 4 aliphatic heterocycles. The second kappa shape index (κ2) is 4.67. The molecule has 4 heterocycles. The molecule has 0 aromatic heterocycles. The highest BCUT2D eigenvalue weighted by molar-refractivity contribution is 5.06. The zero-order valence-electron chi connectivity index (χ0n) is 13.3. The van der Waals surface area contributed by atoms with Gasteiger partial charge < -0.3 is 9.47 Å². The Kier molecular flexibility index (Phi) is 2.96. The van der Waals surface area contributed by atoms with Gasteiger partial charge in [-0.1, -0.05) is 6.92 Å². The quantitative estimate of drug-likeness (QED) is 0.777. The van der Waals surface area contributed by atoms with Gasteiger partial charge in [0.25, 0.3) is 0 Å². The van der Waals surface area contributed by atoms with E-state index in [0.717, 1.165) is 37.5 Å². The fourth-order valence-electron chi connectivity index (χ4n) is 5.45. The molecule has 118 valence electrons. The largest absolute Gasteiger partial charge is 0.375 e. The van der Waals surface area contributed by atoms with Crippen LogP contribution >= 0.6 is 0 Å². The number of fused-ring (bicyclic) bond motifs is 3. The van der Waals surface area contributed by atoms with Gasteiger partial charge in [-0.2, -0.15) is 0 Å². The fourth-order valence-corrected chi connectivity index (χ4v) is 5.45. The lowest BCUT2D eigenvalue weighted by molar-refractivity contribution is -0.143. The maximum Gasteiger partial charge on any atom is 0.0768 e. The first-order chi connectivity index (χ1) is 10.2. The lowest BCUT2D eigenvalue weighted by Gasteiger charge is -2.46. The minimum absolute atomic E-state index is 0.479. The smallest absolute Gasteiger partial charge is 0.0768 e. The highest BCUT2D eigenvalue weighted by Gasteiger charge is 2.55. The van der Waals surface area contributed by atoms with Crippen molar-refractivity contribution in [2.24, 2.45) is 17.8 Å². The summed E-state index contributed by atoms with van der Waals surface area (Å²) in [4.78, 5) is 5.41. The van der Waals surface area contributed by atoms with Crippen LogP contribution in [0.15, 0.2) is 0 Å². The summed E-state index contributed by atoms with van der Waals surface area (Å²) in [5, 5.41) is 0. The van der Waals surface area contributed by atoms with Crippen LogP contribution in [0.25, 0.3) is 0 Å². The molecule has 0 radical (unpaired) electrons. The molecule has 1 saturated carbocycles. The number of nitrogens with zero attached hydrogens (tertiary/aromatic N) is 2. The molecule has 2 bridgehead atoms. The average molecular weight is 292 g/mol. The predicted molar refractivity (Wildman–Crippen MR) is 80.2 cm³/mol. The van der Waals surface area contributed by atoms with Gasteiger partial charge in [-0.3, -0.25) is 9.80 Å². The minimum atomic E-state index is 0.479. The molecule has 0 aromatic rings. The Bertz CT molecular complexity index is 419. The number of ether oxygens (including phenoxy) is 2. The van der Waals surface area contributed by atoms with Crippen molar-refractivity contribution in [3.63, 3.8) is 0 Å². The van der Waals surface area contributed by atoms with Crippen LogP contribution in [0.5, 0.6) is 0 Å². The minimum Gasteiger partial charge on any atom is -0.375 e. The summed E-state index contributed by atoms with van der Waals surface area (Å²) in [6, 6.07) is 2.04. The van der Waals surface area contributed by atoms with Gasteiger partial charge in [-0.15, -0.1) is 0 Å². The maximum absolute atomic E-state index is 5.94. The van der Waals surface area contributed by atoms with E-state index < -0.39 is 0 Å². The number of likely N-dealkylation sites (tertiary alicyclic amines) is 2. The number of hydrogen-bond acceptors (Lipinski definition) is 4. The molecular weight excluding hydrogens is 264 g/mol. The van der Waals surface area contributed by atoms with Crippen molar-refractivity contribution >= 4 is 0 Å². The third-order valence-electron chi connectivity index (χ3n) is 7.11. The molecule has 5 rings (SSSR count). The molecule has 4 saturated heterocycles. The summed E-state index contributed by atoms with van der Waals surface area (Å²) >= 11 is 0. The first kappa shape index (κ1) is 13.3. The van der Waals surface area contributed by atoms with Crippen LogP contribution < -0.4 is 0 Å². The Morgan fingerprint density at radius 3 is 2.48 bits per heavy atom. The van der Waals surface area contributed by atoms with Crippen LogP contribution in [-0.2, 0) is 9.47 Å². The van der Waals surface area contributed by atoms with Gasteiger partial charge in [0, 0.05) is 31.7 Å². The molecule has 0 amide bonds. The van der Waals surface area contributed by atoms with E-state index in [0.29, 0.717) is 30.3 Å². The third-order valence-corrected chi connectivity index (χ3v) is 7.11. The van der Waals surface area contributed by atoms with E-state index in [9.17, 15) is 0 Å². The fraction of sp³-hybridized carbons (Fsp3) is 1.00. The number of morpholine rings is 1. The Hall–Kier alpha value is -0.160. The van der Waals surface area contributed by atoms with Crippen molar-refractivity contribution in [2.75, 3.05) is 32.8 Å². The molecule has 21 heavy (non-hydrogen) atoms. The summed E-state index contributed by atoms with van der Waals surface area (Å²) in [6.45, 7) is 10.6. The van der Waals surface area contributed by atoms with Crippen molar-refractivity contribution in [1.82, 2.24) is 9.80 Å². The van der Waals surface area contributed by atoms with Gasteiger partial charge in [0.1, 0.15) is 0 Å². The lowest BCUT2D eigenvalue weighted by atomic mass is 9.96. The van der Waals surface area contributed by atoms with E-state index in [1.807, 2.05) is 0 Å². The topological polar surface area (TPSA) is 24.9 Å². The van der Waals surface area contributed by atoms with E-state index in [1.165, 1.54) is 25.9 Å². The van der Waals surface area contributed by atoms with Gasteiger partial charge in [-0.25, -0.2) is 0 Å². The molecule has 8 atom stereocenters. The Balaban J connectivity index is 1.16. The molecule has 4 nitrogen and oxygen atoms in total. The first-order valence-electron chi connectivity index (χ1n) is 8.93. The number of hydrogen-bond donors (Lipinski definition) is 0. The molecule has 5 fully saturated rings. The zero-order valence-corrected chi connectivity index (χ0v) is 13.3. The van der Waals surface area contributed by atoms with Gasteiger partial charge in [0.05, 0.1) is 31.5 Å². The van der Waals surface area contributed by atoms with E-state index in [4.69, 9.17) is 9.47 Å². The van der Waals surface area contributed by atoms with Crippen molar-refractivity contribution in [1.29, 1.82) is 0 Å². The van der Waals surface area contributed by atoms with Crippen molar-refractivity contribution in [3.05, 3.63) is 0 Å². The van der Waals surface area contributed by atoms with Crippen LogP contribution in [0.1, 0.15) is 26.7 Å². The molecular formula is C17H28N2O2. The molecule has 4 heteroatoms. The Labute approximate surface area is 127 Å². The van der Waals surface area contributed by atoms with Crippen molar-refractivity contribution < 1.29 is 9.47 Å². The molecule has 1 aliphatic carbocycles. The Morgan fingerprint density at radius 2 is 1.90 bits per heavy atom. The van der Waals surface area contributed by atoms with Gasteiger partial charge in [0.2, 0.25) is 0 Å². The second-order valence-electron chi connectivity index (χ2n) is 8.21. The Morgan fingerprint density at radius 1 is 1.10 bits per heavy atom. The van der Waals surface area contributed by atoms with Crippen LogP contribution in [0.4, 0.5) is 0 Å². The zero-order chi connectivity index (χ0) is 14.1. The first-order valence-corrected chi connectivity index (χ1v) is 8.93. The van der Waals surface area contributed by atoms with E-state index in [1.54, 1.807) is 0 Å². The molecule has 5 unspecified atom stereocenters. The van der Waals surface area contributed by atoms with E-state index in [-0.39, 0.29) is 0 Å². The lowest BCUT2D eigenvalue weighted by Crippen LogP contribution is -2.58. The summed E-state index contributed by atoms with van der Waals surface area (Å²) in [6.07, 6.45) is 3.46. The van der Waals surface area contributed by atoms with Gasteiger partial charge in [-0.05, 0) is 37.5 Å². The van der Waals surface area contributed by atoms with Gasteiger partial charge in [0.15, 0.2) is 0 Å². The average Bonchev–Trinajstić information content (AvgIpc) is 2.97. The van der Waals surface area contributed by atoms with Crippen LogP contribution in [0.2, 0.25) is 0 Å². The standard InChI is InChI=1S/C17H28N2O2/c1-10(19-5-13-4-12(19)8-20-13)3-17-16(9-21-17)18-6-14-11(2)15(14)7-18/h10-17H,3-9H2,1-2H3/t10?,11?,12-,13-,14+,15?,16?,17?/m0/s1. The van der Waals surface area contributed by atoms with E-state index in [2.05, 4.69) is 23.6 Å². The normalized spacial score (nSPS) is 53.7. The monoisotopic (exact) mass is 292 g/mol. The maximum atomic E-state index is 5.94. The van der Waals surface area contributed by atoms with Crippen molar-refractivity contribution in [2.45, 2.75) is 57.0 Å². The summed E-state index contributed by atoms with van der Waals surface area (Å²) in [7, 11) is 0. The second-order valence-corrected chi connectivity index (χ2v) is 8.21. The summed E-state index contributed by atoms with van der Waals surface area (Å²) in [5.41, 5.74) is 0. The van der Waals surface area contributed by atoms with Crippen LogP contribution in [0.3, 0.4) is 0 Å².